The summed E-state index contributed by atoms with van der Waals surface area (Å²) in [5.74, 6) is 0.887. The van der Waals surface area contributed by atoms with Crippen molar-refractivity contribution in [2.75, 3.05) is 39.4 Å². The molecule has 2 saturated heterocycles. The Labute approximate surface area is 152 Å². The molecule has 7 heteroatoms. The van der Waals surface area contributed by atoms with Crippen LogP contribution < -0.4 is 11.1 Å². The molecule has 0 spiro atoms. The minimum Gasteiger partial charge on any atom is -0.381 e. The number of hydrogen-bond donors (Lipinski definition) is 2. The average Bonchev–Trinajstić information content (AvgIpc) is 2.47. The molecule has 2 fully saturated rings. The highest BCUT2D eigenvalue weighted by Crippen LogP contribution is 2.29. The number of halogens is 2. The standard InChI is InChI=1S/C16H31N3O2.2ClH/c1-13-4-3-7-19(10-13)11-14(2)18-15(20)16(12-17)5-8-21-9-6-16;;/h13-14H,3-12,17H2,1-2H3,(H,18,20);2*1H. The van der Waals surface area contributed by atoms with Crippen molar-refractivity contribution in [1.82, 2.24) is 10.2 Å². The molecule has 1 amide bonds. The van der Waals surface area contributed by atoms with Gasteiger partial charge in [0.25, 0.3) is 0 Å². The Balaban J connectivity index is 0.00000242. The van der Waals surface area contributed by atoms with Crippen LogP contribution in [-0.2, 0) is 9.53 Å². The van der Waals surface area contributed by atoms with Crippen LogP contribution in [0.5, 0.6) is 0 Å². The van der Waals surface area contributed by atoms with Gasteiger partial charge >= 0.3 is 0 Å². The van der Waals surface area contributed by atoms with Gasteiger partial charge in [-0.05, 0) is 45.1 Å². The molecule has 2 heterocycles. The van der Waals surface area contributed by atoms with E-state index in [1.54, 1.807) is 0 Å². The number of carbonyl (C=O) groups is 1. The van der Waals surface area contributed by atoms with Crippen molar-refractivity contribution in [3.05, 3.63) is 0 Å². The second kappa shape index (κ2) is 10.7. The summed E-state index contributed by atoms with van der Waals surface area (Å²) in [7, 11) is 0. The topological polar surface area (TPSA) is 67.6 Å². The maximum atomic E-state index is 12.6. The first-order valence-corrected chi connectivity index (χ1v) is 8.37. The van der Waals surface area contributed by atoms with Crippen molar-refractivity contribution in [2.45, 2.75) is 45.6 Å². The first kappa shape index (κ1) is 22.9. The van der Waals surface area contributed by atoms with Gasteiger partial charge in [0, 0.05) is 38.9 Å². The highest BCUT2D eigenvalue weighted by molar-refractivity contribution is 5.85. The Kier molecular flexibility index (Phi) is 10.7. The quantitative estimate of drug-likeness (QED) is 0.775. The van der Waals surface area contributed by atoms with E-state index in [0.717, 1.165) is 38.4 Å². The number of piperidine rings is 1. The minimum atomic E-state index is -0.415. The molecule has 3 N–H and O–H groups in total. The van der Waals surface area contributed by atoms with Crippen molar-refractivity contribution in [2.24, 2.45) is 17.1 Å². The first-order chi connectivity index (χ1) is 10.1. The van der Waals surface area contributed by atoms with Crippen LogP contribution in [0.25, 0.3) is 0 Å². The third-order valence-electron chi connectivity index (χ3n) is 4.97. The normalized spacial score (nSPS) is 25.6. The number of rotatable bonds is 5. The SMILES string of the molecule is CC1CCCN(CC(C)NC(=O)C2(CN)CCOCC2)C1.Cl.Cl. The van der Waals surface area contributed by atoms with E-state index in [1.807, 2.05) is 0 Å². The molecule has 0 saturated carbocycles. The minimum absolute atomic E-state index is 0. The van der Waals surface area contributed by atoms with E-state index in [-0.39, 0.29) is 36.8 Å². The molecule has 2 aliphatic rings. The fraction of sp³-hybridized carbons (Fsp3) is 0.938. The van der Waals surface area contributed by atoms with E-state index in [2.05, 4.69) is 24.1 Å². The summed E-state index contributed by atoms with van der Waals surface area (Å²) in [5, 5.41) is 3.19. The molecular formula is C16H33Cl2N3O2. The summed E-state index contributed by atoms with van der Waals surface area (Å²) in [5.41, 5.74) is 5.48. The lowest BCUT2D eigenvalue weighted by molar-refractivity contribution is -0.136. The van der Waals surface area contributed by atoms with Crippen LogP contribution in [0.4, 0.5) is 0 Å². The van der Waals surface area contributed by atoms with Crippen LogP contribution in [0, 0.1) is 11.3 Å². The molecular weight excluding hydrogens is 337 g/mol. The Morgan fingerprint density at radius 3 is 2.61 bits per heavy atom. The molecule has 2 atom stereocenters. The molecule has 0 aromatic rings. The van der Waals surface area contributed by atoms with Crippen molar-refractivity contribution >= 4 is 30.7 Å². The molecule has 0 radical (unpaired) electrons. The third-order valence-corrected chi connectivity index (χ3v) is 4.97. The van der Waals surface area contributed by atoms with E-state index in [1.165, 1.54) is 12.8 Å². The monoisotopic (exact) mass is 369 g/mol. The maximum Gasteiger partial charge on any atom is 0.227 e. The predicted molar refractivity (Wildman–Crippen MR) is 98.5 cm³/mol. The van der Waals surface area contributed by atoms with Gasteiger partial charge in [-0.25, -0.2) is 0 Å². The lowest BCUT2D eigenvalue weighted by atomic mass is 9.79. The third kappa shape index (κ3) is 6.39. The fourth-order valence-corrected chi connectivity index (χ4v) is 3.55. The smallest absolute Gasteiger partial charge is 0.227 e. The highest BCUT2D eigenvalue weighted by Gasteiger charge is 2.39. The molecule has 2 rings (SSSR count). The number of carbonyl (C=O) groups excluding carboxylic acids is 1. The maximum absolute atomic E-state index is 12.6. The average molecular weight is 370 g/mol. The van der Waals surface area contributed by atoms with Gasteiger partial charge in [-0.1, -0.05) is 6.92 Å². The second-order valence-corrected chi connectivity index (χ2v) is 6.98. The number of nitrogens with zero attached hydrogens (tertiary/aromatic N) is 1. The van der Waals surface area contributed by atoms with Gasteiger partial charge < -0.3 is 20.7 Å². The molecule has 2 aliphatic heterocycles. The van der Waals surface area contributed by atoms with Crippen LogP contribution in [0.3, 0.4) is 0 Å². The molecule has 0 bridgehead atoms. The van der Waals surface area contributed by atoms with Crippen molar-refractivity contribution in [3.63, 3.8) is 0 Å². The molecule has 0 aromatic heterocycles. The van der Waals surface area contributed by atoms with E-state index in [9.17, 15) is 4.79 Å². The number of hydrogen-bond acceptors (Lipinski definition) is 4. The Morgan fingerprint density at radius 1 is 1.39 bits per heavy atom. The van der Waals surface area contributed by atoms with Crippen LogP contribution in [0.2, 0.25) is 0 Å². The second-order valence-electron chi connectivity index (χ2n) is 6.98. The lowest BCUT2D eigenvalue weighted by Gasteiger charge is -2.37. The van der Waals surface area contributed by atoms with Gasteiger partial charge in [0.15, 0.2) is 0 Å². The van der Waals surface area contributed by atoms with E-state index < -0.39 is 5.41 Å². The molecule has 0 aromatic carbocycles. The summed E-state index contributed by atoms with van der Waals surface area (Å²) in [6, 6.07) is 0.175. The van der Waals surface area contributed by atoms with Gasteiger partial charge in [-0.2, -0.15) is 0 Å². The van der Waals surface area contributed by atoms with Gasteiger partial charge in [-0.3, -0.25) is 4.79 Å². The van der Waals surface area contributed by atoms with Crippen molar-refractivity contribution in [1.29, 1.82) is 0 Å². The summed E-state index contributed by atoms with van der Waals surface area (Å²) in [4.78, 5) is 15.1. The van der Waals surface area contributed by atoms with E-state index in [4.69, 9.17) is 10.5 Å². The zero-order valence-electron chi connectivity index (χ0n) is 14.4. The highest BCUT2D eigenvalue weighted by atomic mass is 35.5. The van der Waals surface area contributed by atoms with Gasteiger partial charge in [0.1, 0.15) is 0 Å². The van der Waals surface area contributed by atoms with Crippen molar-refractivity contribution in [3.8, 4) is 0 Å². The zero-order valence-corrected chi connectivity index (χ0v) is 16.0. The van der Waals surface area contributed by atoms with Gasteiger partial charge in [-0.15, -0.1) is 24.8 Å². The van der Waals surface area contributed by atoms with Crippen LogP contribution in [-0.4, -0.2) is 56.2 Å². The number of nitrogens with one attached hydrogen (secondary N) is 1. The first-order valence-electron chi connectivity index (χ1n) is 8.37. The summed E-state index contributed by atoms with van der Waals surface area (Å²) in [6.07, 6.45) is 4.07. The molecule has 138 valence electrons. The largest absolute Gasteiger partial charge is 0.381 e. The number of likely N-dealkylation sites (tertiary alicyclic amines) is 1. The van der Waals surface area contributed by atoms with Gasteiger partial charge in [0.05, 0.1) is 5.41 Å². The number of amides is 1. The lowest BCUT2D eigenvalue weighted by Crippen LogP contribution is -2.53. The van der Waals surface area contributed by atoms with E-state index in [0.29, 0.717) is 19.8 Å². The van der Waals surface area contributed by atoms with Crippen molar-refractivity contribution < 1.29 is 9.53 Å². The van der Waals surface area contributed by atoms with Crippen LogP contribution in [0.1, 0.15) is 39.5 Å². The fourth-order valence-electron chi connectivity index (χ4n) is 3.55. The molecule has 5 nitrogen and oxygen atoms in total. The van der Waals surface area contributed by atoms with Crippen LogP contribution >= 0.6 is 24.8 Å². The molecule has 2 unspecified atom stereocenters. The van der Waals surface area contributed by atoms with E-state index >= 15 is 0 Å². The zero-order chi connectivity index (χ0) is 15.3. The molecule has 0 aliphatic carbocycles. The Hall–Kier alpha value is -0.0700. The van der Waals surface area contributed by atoms with Crippen LogP contribution in [0.15, 0.2) is 0 Å². The number of nitrogens with two attached hydrogens (primary N) is 1. The summed E-state index contributed by atoms with van der Waals surface area (Å²) < 4.78 is 5.37. The Bertz CT molecular complexity index is 352. The van der Waals surface area contributed by atoms with Gasteiger partial charge in [0.2, 0.25) is 5.91 Å². The summed E-state index contributed by atoms with van der Waals surface area (Å²) in [6.45, 7) is 9.34. The number of ether oxygens (including phenoxy) is 1. The Morgan fingerprint density at radius 2 is 2.04 bits per heavy atom. The predicted octanol–water partition coefficient (Wildman–Crippen LogP) is 1.82. The summed E-state index contributed by atoms with van der Waals surface area (Å²) >= 11 is 0. The molecule has 23 heavy (non-hydrogen) atoms.